The minimum atomic E-state index is -3.74. The predicted octanol–water partition coefficient (Wildman–Crippen LogP) is 6.59. The first-order valence-electron chi connectivity index (χ1n) is 12.7. The lowest BCUT2D eigenvalue weighted by Crippen LogP contribution is -2.30. The standard InChI is InChI=1S/C27H29Cl2N3O4S2/c28-21-14-20(15-22(29)16-21)19-4-3-18(2-1-12-36-17-19)25-9-11-32(26(25)33)23-5-7-24(8-6-23)38(34,35)31-27-30-10-13-37-27/h5-8,10,13-16,18-19,25H,1-4,9,11-12,17H2,(H,30,31)/t18?,19?,25-/m1/s1. The van der Waals surface area contributed by atoms with E-state index in [4.69, 9.17) is 27.9 Å². The second kappa shape index (κ2) is 11.9. The maximum Gasteiger partial charge on any atom is 0.263 e. The van der Waals surface area contributed by atoms with Gasteiger partial charge in [-0.2, -0.15) is 0 Å². The average Bonchev–Trinajstić information content (AvgIpc) is 3.54. The molecule has 1 aromatic heterocycles. The van der Waals surface area contributed by atoms with Gasteiger partial charge in [0.2, 0.25) is 5.91 Å². The van der Waals surface area contributed by atoms with Crippen LogP contribution in [-0.4, -0.2) is 39.1 Å². The van der Waals surface area contributed by atoms with Crippen LogP contribution in [0.25, 0.3) is 0 Å². The maximum absolute atomic E-state index is 13.5. The normalized spacial score (nSPS) is 23.1. The van der Waals surface area contributed by atoms with E-state index in [0.717, 1.165) is 37.7 Å². The van der Waals surface area contributed by atoms with Crippen molar-refractivity contribution in [3.63, 3.8) is 0 Å². The molecule has 1 N–H and O–H groups in total. The van der Waals surface area contributed by atoms with Gasteiger partial charge in [-0.05, 0) is 86.1 Å². The molecule has 38 heavy (non-hydrogen) atoms. The van der Waals surface area contributed by atoms with Crippen molar-refractivity contribution < 1.29 is 17.9 Å². The molecule has 2 aliphatic heterocycles. The van der Waals surface area contributed by atoms with Crippen molar-refractivity contribution >= 4 is 61.3 Å². The van der Waals surface area contributed by atoms with E-state index >= 15 is 0 Å². The summed E-state index contributed by atoms with van der Waals surface area (Å²) in [6, 6.07) is 12.1. The van der Waals surface area contributed by atoms with Crippen molar-refractivity contribution in [2.75, 3.05) is 29.4 Å². The molecule has 2 saturated heterocycles. The molecule has 0 spiro atoms. The first-order chi connectivity index (χ1) is 18.3. The molecule has 5 rings (SSSR count). The van der Waals surface area contributed by atoms with Crippen LogP contribution in [0.4, 0.5) is 10.8 Å². The minimum absolute atomic E-state index is 0.0633. The Morgan fingerprint density at radius 2 is 1.79 bits per heavy atom. The molecule has 2 unspecified atom stereocenters. The van der Waals surface area contributed by atoms with E-state index in [2.05, 4.69) is 9.71 Å². The van der Waals surface area contributed by atoms with Crippen LogP contribution >= 0.6 is 34.5 Å². The topological polar surface area (TPSA) is 88.6 Å². The Morgan fingerprint density at radius 1 is 1.03 bits per heavy atom. The number of sulfonamides is 1. The number of benzene rings is 2. The first-order valence-corrected chi connectivity index (χ1v) is 15.8. The summed E-state index contributed by atoms with van der Waals surface area (Å²) in [4.78, 5) is 19.4. The number of ether oxygens (including phenoxy) is 1. The van der Waals surface area contributed by atoms with E-state index in [1.54, 1.807) is 34.7 Å². The zero-order valence-electron chi connectivity index (χ0n) is 20.7. The van der Waals surface area contributed by atoms with Crippen LogP contribution in [0, 0.1) is 11.8 Å². The molecule has 3 heterocycles. The predicted molar refractivity (Wildman–Crippen MR) is 152 cm³/mol. The van der Waals surface area contributed by atoms with Crippen molar-refractivity contribution in [1.29, 1.82) is 0 Å². The zero-order chi connectivity index (χ0) is 26.7. The van der Waals surface area contributed by atoms with Crippen molar-refractivity contribution in [3.8, 4) is 0 Å². The summed E-state index contributed by atoms with van der Waals surface area (Å²) < 4.78 is 33.8. The Bertz CT molecular complexity index is 1350. The quantitative estimate of drug-likeness (QED) is 0.348. The lowest BCUT2D eigenvalue weighted by atomic mass is 9.81. The molecular weight excluding hydrogens is 565 g/mol. The lowest BCUT2D eigenvalue weighted by Gasteiger charge is -2.24. The molecule has 1 amide bonds. The Balaban J connectivity index is 1.26. The summed E-state index contributed by atoms with van der Waals surface area (Å²) in [5, 5.41) is 3.24. The number of hydrogen-bond acceptors (Lipinski definition) is 6. The monoisotopic (exact) mass is 593 g/mol. The number of hydrogen-bond donors (Lipinski definition) is 1. The number of nitrogens with zero attached hydrogens (tertiary/aromatic N) is 2. The third-order valence-corrected chi connectivity index (χ3v) is 9.96. The number of halogens is 2. The largest absolute Gasteiger partial charge is 0.381 e. The van der Waals surface area contributed by atoms with Crippen LogP contribution in [0.1, 0.15) is 43.6 Å². The van der Waals surface area contributed by atoms with Gasteiger partial charge in [-0.25, -0.2) is 13.4 Å². The highest BCUT2D eigenvalue weighted by atomic mass is 35.5. The average molecular weight is 595 g/mol. The van der Waals surface area contributed by atoms with Gasteiger partial charge in [0.05, 0.1) is 11.5 Å². The summed E-state index contributed by atoms with van der Waals surface area (Å²) in [6.45, 7) is 1.89. The molecule has 0 aliphatic carbocycles. The van der Waals surface area contributed by atoms with Gasteiger partial charge in [-0.3, -0.25) is 9.52 Å². The summed E-state index contributed by atoms with van der Waals surface area (Å²) in [5.41, 5.74) is 1.78. The molecule has 2 aliphatic rings. The molecular formula is C27H29Cl2N3O4S2. The van der Waals surface area contributed by atoms with Crippen molar-refractivity contribution in [2.45, 2.75) is 42.9 Å². The molecule has 7 nitrogen and oxygen atoms in total. The van der Waals surface area contributed by atoms with Crippen molar-refractivity contribution in [3.05, 3.63) is 69.7 Å². The smallest absolute Gasteiger partial charge is 0.263 e. The Labute approximate surface area is 237 Å². The molecule has 3 atom stereocenters. The fourth-order valence-corrected chi connectivity index (χ4v) is 7.77. The van der Waals surface area contributed by atoms with Gasteiger partial charge in [0, 0.05) is 52.3 Å². The number of carbonyl (C=O) groups excluding carboxylic acids is 1. The first kappa shape index (κ1) is 27.4. The number of nitrogens with one attached hydrogen (secondary N) is 1. The highest BCUT2D eigenvalue weighted by molar-refractivity contribution is 7.93. The minimum Gasteiger partial charge on any atom is -0.381 e. The number of thiazole rings is 1. The van der Waals surface area contributed by atoms with E-state index in [9.17, 15) is 13.2 Å². The van der Waals surface area contributed by atoms with Gasteiger partial charge in [-0.1, -0.05) is 23.2 Å². The highest BCUT2D eigenvalue weighted by Gasteiger charge is 2.38. The SMILES string of the molecule is O=C1[C@@H](C2CCCOCC(c3cc(Cl)cc(Cl)c3)CC2)CCN1c1ccc(S(=O)(=O)Nc2nccs2)cc1. The number of amides is 1. The van der Waals surface area contributed by atoms with Crippen LogP contribution in [0.15, 0.2) is 58.9 Å². The number of aromatic nitrogens is 1. The number of anilines is 2. The van der Waals surface area contributed by atoms with Crippen LogP contribution in [0.5, 0.6) is 0 Å². The molecule has 0 saturated carbocycles. The van der Waals surface area contributed by atoms with Crippen LogP contribution in [0.3, 0.4) is 0 Å². The second-order valence-electron chi connectivity index (χ2n) is 9.78. The van der Waals surface area contributed by atoms with Crippen LogP contribution in [0.2, 0.25) is 10.0 Å². The zero-order valence-corrected chi connectivity index (χ0v) is 23.8. The third-order valence-electron chi connectivity index (χ3n) is 7.35. The lowest BCUT2D eigenvalue weighted by molar-refractivity contribution is -0.122. The highest BCUT2D eigenvalue weighted by Crippen LogP contribution is 2.38. The fourth-order valence-electron chi connectivity index (χ4n) is 5.44. The van der Waals surface area contributed by atoms with Crippen molar-refractivity contribution in [2.24, 2.45) is 11.8 Å². The van der Waals surface area contributed by atoms with Crippen molar-refractivity contribution in [1.82, 2.24) is 4.98 Å². The Kier molecular flexibility index (Phi) is 8.59. The van der Waals surface area contributed by atoms with E-state index in [1.807, 2.05) is 12.1 Å². The van der Waals surface area contributed by atoms with E-state index in [-0.39, 0.29) is 28.6 Å². The summed E-state index contributed by atoms with van der Waals surface area (Å²) >= 11 is 13.7. The third kappa shape index (κ3) is 6.34. The van der Waals surface area contributed by atoms with Crippen LogP contribution < -0.4 is 9.62 Å². The Hall–Kier alpha value is -2.17. The second-order valence-corrected chi connectivity index (χ2v) is 13.2. The Morgan fingerprint density at radius 3 is 2.50 bits per heavy atom. The maximum atomic E-state index is 13.5. The molecule has 0 radical (unpaired) electrons. The van der Waals surface area contributed by atoms with Gasteiger partial charge < -0.3 is 9.64 Å². The van der Waals surface area contributed by atoms with Gasteiger partial charge >= 0.3 is 0 Å². The van der Waals surface area contributed by atoms with E-state index in [0.29, 0.717) is 40.6 Å². The summed E-state index contributed by atoms with van der Waals surface area (Å²) in [6.07, 6.45) is 5.98. The van der Waals surface area contributed by atoms with E-state index in [1.165, 1.54) is 23.5 Å². The molecule has 3 aromatic rings. The number of carbonyl (C=O) groups is 1. The van der Waals surface area contributed by atoms with Crippen LogP contribution in [-0.2, 0) is 19.6 Å². The van der Waals surface area contributed by atoms with Gasteiger partial charge in [0.1, 0.15) is 0 Å². The summed E-state index contributed by atoms with van der Waals surface area (Å²) in [5.74, 6) is 0.473. The molecule has 0 bridgehead atoms. The molecule has 202 valence electrons. The van der Waals surface area contributed by atoms with E-state index < -0.39 is 10.0 Å². The molecule has 11 heteroatoms. The molecule has 2 fully saturated rings. The van der Waals surface area contributed by atoms with Gasteiger partial charge in [-0.15, -0.1) is 11.3 Å². The summed E-state index contributed by atoms with van der Waals surface area (Å²) in [7, 11) is -3.74. The fraction of sp³-hybridized carbons (Fsp3) is 0.407. The molecule has 2 aromatic carbocycles. The van der Waals surface area contributed by atoms with Gasteiger partial charge in [0.15, 0.2) is 5.13 Å². The number of rotatable bonds is 6. The van der Waals surface area contributed by atoms with Gasteiger partial charge in [0.25, 0.3) is 10.0 Å².